The van der Waals surface area contributed by atoms with Crippen molar-refractivity contribution in [2.24, 2.45) is 0 Å². The molecular formula is C15H18N2. The minimum Gasteiger partial charge on any atom is -0.364 e. The van der Waals surface area contributed by atoms with Gasteiger partial charge in [-0.05, 0) is 43.6 Å². The van der Waals surface area contributed by atoms with E-state index in [1.807, 2.05) is 6.20 Å². The van der Waals surface area contributed by atoms with E-state index in [4.69, 9.17) is 0 Å². The Bertz CT molecular complexity index is 453. The van der Waals surface area contributed by atoms with Gasteiger partial charge >= 0.3 is 0 Å². The summed E-state index contributed by atoms with van der Waals surface area (Å²) in [5.41, 5.74) is 2.96. The lowest BCUT2D eigenvalue weighted by atomic mass is 9.71. The first-order valence-corrected chi connectivity index (χ1v) is 6.32. The Kier molecular flexibility index (Phi) is 2.73. The predicted molar refractivity (Wildman–Crippen MR) is 70.1 cm³/mol. The van der Waals surface area contributed by atoms with Crippen molar-refractivity contribution in [1.29, 1.82) is 0 Å². The van der Waals surface area contributed by atoms with E-state index in [2.05, 4.69) is 52.8 Å². The number of hydrogen-bond donors (Lipinski definition) is 2. The molecule has 0 bridgehead atoms. The number of nitrogens with one attached hydrogen (secondary N) is 2. The van der Waals surface area contributed by atoms with E-state index in [1.165, 1.54) is 11.3 Å². The zero-order valence-corrected chi connectivity index (χ0v) is 9.95. The summed E-state index contributed by atoms with van der Waals surface area (Å²) in [7, 11) is 0. The SMILES string of the molecule is c1ccc(C2(c3ccc[nH]3)CCNCC2)cc1. The number of piperidine rings is 1. The highest BCUT2D eigenvalue weighted by molar-refractivity contribution is 5.36. The molecule has 2 heterocycles. The van der Waals surface area contributed by atoms with Crippen molar-refractivity contribution < 1.29 is 0 Å². The lowest BCUT2D eigenvalue weighted by Crippen LogP contribution is -2.40. The molecular weight excluding hydrogens is 208 g/mol. The first-order chi connectivity index (χ1) is 8.42. The highest BCUT2D eigenvalue weighted by Gasteiger charge is 2.36. The molecule has 17 heavy (non-hydrogen) atoms. The highest BCUT2D eigenvalue weighted by Crippen LogP contribution is 2.38. The molecule has 1 aromatic heterocycles. The maximum absolute atomic E-state index is 3.46. The average Bonchev–Trinajstić information content (AvgIpc) is 2.95. The Morgan fingerprint density at radius 3 is 2.29 bits per heavy atom. The smallest absolute Gasteiger partial charge is 0.0377 e. The lowest BCUT2D eigenvalue weighted by molar-refractivity contribution is 0.355. The standard InChI is InChI=1S/C15H18N2/c1-2-5-13(6-3-1)15(8-11-16-12-9-15)14-7-4-10-17-14/h1-7,10,16-17H,8-9,11-12H2. The number of hydrogen-bond acceptors (Lipinski definition) is 1. The van der Waals surface area contributed by atoms with E-state index in [0.717, 1.165) is 25.9 Å². The summed E-state index contributed by atoms with van der Waals surface area (Å²) in [4.78, 5) is 3.42. The van der Waals surface area contributed by atoms with Crippen LogP contribution < -0.4 is 5.32 Å². The number of aromatic nitrogens is 1. The summed E-state index contributed by atoms with van der Waals surface area (Å²) < 4.78 is 0. The second kappa shape index (κ2) is 4.38. The third kappa shape index (κ3) is 1.79. The van der Waals surface area contributed by atoms with Crippen LogP contribution in [0.2, 0.25) is 0 Å². The summed E-state index contributed by atoms with van der Waals surface area (Å²) in [6.45, 7) is 2.18. The Morgan fingerprint density at radius 1 is 0.882 bits per heavy atom. The van der Waals surface area contributed by atoms with Crippen molar-refractivity contribution in [3.63, 3.8) is 0 Å². The fourth-order valence-corrected chi connectivity index (χ4v) is 2.95. The topological polar surface area (TPSA) is 27.8 Å². The third-order valence-electron chi connectivity index (χ3n) is 3.90. The largest absolute Gasteiger partial charge is 0.364 e. The van der Waals surface area contributed by atoms with Crippen LogP contribution in [0.5, 0.6) is 0 Å². The molecule has 88 valence electrons. The van der Waals surface area contributed by atoms with Gasteiger partial charge in [0.2, 0.25) is 0 Å². The monoisotopic (exact) mass is 226 g/mol. The predicted octanol–water partition coefficient (Wildman–Crippen LogP) is 2.68. The summed E-state index contributed by atoms with van der Waals surface area (Å²) in [5, 5.41) is 3.46. The van der Waals surface area contributed by atoms with Gasteiger partial charge in [-0.2, -0.15) is 0 Å². The second-order valence-electron chi connectivity index (χ2n) is 4.78. The molecule has 1 aromatic carbocycles. The quantitative estimate of drug-likeness (QED) is 0.809. The van der Waals surface area contributed by atoms with Crippen LogP contribution in [0.1, 0.15) is 24.1 Å². The molecule has 2 N–H and O–H groups in total. The molecule has 0 unspecified atom stereocenters. The minimum absolute atomic E-state index is 0.177. The summed E-state index contributed by atoms with van der Waals surface area (Å²) in [6, 6.07) is 15.2. The van der Waals surface area contributed by atoms with Crippen LogP contribution in [-0.4, -0.2) is 18.1 Å². The molecule has 0 aliphatic carbocycles. The van der Waals surface area contributed by atoms with Crippen molar-refractivity contribution >= 4 is 0 Å². The van der Waals surface area contributed by atoms with Crippen LogP contribution in [0, 0.1) is 0 Å². The van der Waals surface area contributed by atoms with E-state index in [9.17, 15) is 0 Å². The molecule has 0 spiro atoms. The Balaban J connectivity index is 2.08. The van der Waals surface area contributed by atoms with Gasteiger partial charge in [-0.25, -0.2) is 0 Å². The minimum atomic E-state index is 0.177. The van der Waals surface area contributed by atoms with Crippen molar-refractivity contribution in [2.45, 2.75) is 18.3 Å². The molecule has 0 radical (unpaired) electrons. The Hall–Kier alpha value is -1.54. The van der Waals surface area contributed by atoms with Gasteiger partial charge in [0.25, 0.3) is 0 Å². The van der Waals surface area contributed by atoms with Gasteiger partial charge in [0.05, 0.1) is 0 Å². The van der Waals surface area contributed by atoms with Crippen molar-refractivity contribution in [3.05, 3.63) is 59.9 Å². The summed E-state index contributed by atoms with van der Waals surface area (Å²) in [5.74, 6) is 0. The van der Waals surface area contributed by atoms with Gasteiger partial charge in [-0.3, -0.25) is 0 Å². The van der Waals surface area contributed by atoms with Gasteiger partial charge < -0.3 is 10.3 Å². The average molecular weight is 226 g/mol. The lowest BCUT2D eigenvalue weighted by Gasteiger charge is -2.37. The fourth-order valence-electron chi connectivity index (χ4n) is 2.95. The molecule has 1 fully saturated rings. The maximum Gasteiger partial charge on any atom is 0.0377 e. The van der Waals surface area contributed by atoms with Crippen LogP contribution >= 0.6 is 0 Å². The van der Waals surface area contributed by atoms with Crippen LogP contribution in [0.15, 0.2) is 48.7 Å². The molecule has 0 amide bonds. The van der Waals surface area contributed by atoms with Crippen LogP contribution in [0.4, 0.5) is 0 Å². The molecule has 2 nitrogen and oxygen atoms in total. The van der Waals surface area contributed by atoms with Gasteiger partial charge in [0.1, 0.15) is 0 Å². The first kappa shape index (κ1) is 10.6. The van der Waals surface area contributed by atoms with Crippen LogP contribution in [0.25, 0.3) is 0 Å². The number of benzene rings is 1. The molecule has 1 aliphatic rings. The molecule has 1 saturated heterocycles. The van der Waals surface area contributed by atoms with Crippen molar-refractivity contribution in [3.8, 4) is 0 Å². The van der Waals surface area contributed by atoms with E-state index in [0.29, 0.717) is 0 Å². The highest BCUT2D eigenvalue weighted by atomic mass is 14.9. The zero-order valence-electron chi connectivity index (χ0n) is 9.95. The molecule has 3 rings (SSSR count). The molecule has 2 heteroatoms. The normalized spacial score (nSPS) is 19.1. The van der Waals surface area contributed by atoms with E-state index in [1.54, 1.807) is 0 Å². The van der Waals surface area contributed by atoms with Gasteiger partial charge in [0, 0.05) is 17.3 Å². The van der Waals surface area contributed by atoms with E-state index >= 15 is 0 Å². The number of rotatable bonds is 2. The van der Waals surface area contributed by atoms with Crippen molar-refractivity contribution in [2.75, 3.05) is 13.1 Å². The van der Waals surface area contributed by atoms with Gasteiger partial charge in [-0.15, -0.1) is 0 Å². The van der Waals surface area contributed by atoms with Crippen LogP contribution in [0.3, 0.4) is 0 Å². The molecule has 0 saturated carbocycles. The first-order valence-electron chi connectivity index (χ1n) is 6.32. The third-order valence-corrected chi connectivity index (χ3v) is 3.90. The van der Waals surface area contributed by atoms with Gasteiger partial charge in [0.15, 0.2) is 0 Å². The van der Waals surface area contributed by atoms with E-state index < -0.39 is 0 Å². The van der Waals surface area contributed by atoms with Crippen molar-refractivity contribution in [1.82, 2.24) is 10.3 Å². The van der Waals surface area contributed by atoms with Gasteiger partial charge in [-0.1, -0.05) is 30.3 Å². The molecule has 0 atom stereocenters. The zero-order chi connectivity index (χ0) is 11.6. The maximum atomic E-state index is 3.46. The number of H-pyrrole nitrogens is 1. The Morgan fingerprint density at radius 2 is 1.65 bits per heavy atom. The molecule has 1 aliphatic heterocycles. The fraction of sp³-hybridized carbons (Fsp3) is 0.333. The van der Waals surface area contributed by atoms with Crippen LogP contribution in [-0.2, 0) is 5.41 Å². The molecule has 2 aromatic rings. The summed E-state index contributed by atoms with van der Waals surface area (Å²) >= 11 is 0. The van der Waals surface area contributed by atoms with E-state index in [-0.39, 0.29) is 5.41 Å². The Labute approximate surface area is 102 Å². The summed E-state index contributed by atoms with van der Waals surface area (Å²) in [6.07, 6.45) is 4.36. The number of aromatic amines is 1. The second-order valence-corrected chi connectivity index (χ2v) is 4.78.